The SMILES string of the molecule is C#Cc1cc(C(=O)N2Cc3ccccc3C[C@H]2CN2CCOCC2)c(-c2cc(C)c(C)n2C)cc1OC.CC.CNc1ccc(Cl)cc1. The van der Waals surface area contributed by atoms with Crippen LogP contribution in [0.15, 0.2) is 66.7 Å². The second-order valence-electron chi connectivity index (χ2n) is 11.8. The average molecular weight is 669 g/mol. The van der Waals surface area contributed by atoms with Gasteiger partial charge in [-0.15, -0.1) is 6.42 Å². The highest BCUT2D eigenvalue weighted by Gasteiger charge is 2.34. The van der Waals surface area contributed by atoms with Crippen LogP contribution in [-0.4, -0.2) is 73.3 Å². The van der Waals surface area contributed by atoms with Crippen LogP contribution >= 0.6 is 11.6 Å². The van der Waals surface area contributed by atoms with Gasteiger partial charge in [0, 0.05) is 74.0 Å². The number of rotatable bonds is 6. The molecule has 0 aliphatic carbocycles. The highest BCUT2D eigenvalue weighted by Crippen LogP contribution is 2.35. The fraction of sp³-hybridized carbons (Fsp3) is 0.375. The van der Waals surface area contributed by atoms with Crippen molar-refractivity contribution in [2.45, 2.75) is 46.7 Å². The molecule has 0 bridgehead atoms. The molecule has 4 aromatic rings. The average Bonchev–Trinajstić information content (AvgIpc) is 3.39. The lowest BCUT2D eigenvalue weighted by Crippen LogP contribution is -2.52. The van der Waals surface area contributed by atoms with Gasteiger partial charge in [-0.25, -0.2) is 0 Å². The summed E-state index contributed by atoms with van der Waals surface area (Å²) in [5, 5.41) is 3.77. The van der Waals surface area contributed by atoms with E-state index in [1.54, 1.807) is 7.11 Å². The largest absolute Gasteiger partial charge is 0.495 e. The number of hydrogen-bond acceptors (Lipinski definition) is 5. The maximum atomic E-state index is 14.5. The number of terminal acetylenes is 1. The van der Waals surface area contributed by atoms with E-state index in [0.717, 1.165) is 66.9 Å². The summed E-state index contributed by atoms with van der Waals surface area (Å²) in [6.45, 7) is 12.8. The second kappa shape index (κ2) is 17.3. The van der Waals surface area contributed by atoms with Gasteiger partial charge in [0.2, 0.25) is 0 Å². The quantitative estimate of drug-likeness (QED) is 0.215. The van der Waals surface area contributed by atoms with Crippen LogP contribution < -0.4 is 10.1 Å². The van der Waals surface area contributed by atoms with Crippen LogP contribution in [0.3, 0.4) is 0 Å². The van der Waals surface area contributed by atoms with Crippen molar-refractivity contribution in [1.82, 2.24) is 14.4 Å². The monoisotopic (exact) mass is 668 g/mol. The number of aryl methyl sites for hydroxylation is 1. The molecule has 7 nitrogen and oxygen atoms in total. The van der Waals surface area contributed by atoms with Crippen molar-refractivity contribution in [2.24, 2.45) is 7.05 Å². The molecule has 3 aromatic carbocycles. The van der Waals surface area contributed by atoms with E-state index < -0.39 is 0 Å². The van der Waals surface area contributed by atoms with Gasteiger partial charge in [-0.3, -0.25) is 9.69 Å². The van der Waals surface area contributed by atoms with Gasteiger partial charge in [-0.2, -0.15) is 0 Å². The summed E-state index contributed by atoms with van der Waals surface area (Å²) >= 11 is 5.64. The van der Waals surface area contributed by atoms with Crippen molar-refractivity contribution in [3.8, 4) is 29.4 Å². The number of carbonyl (C=O) groups is 1. The molecule has 1 saturated heterocycles. The second-order valence-corrected chi connectivity index (χ2v) is 12.3. The highest BCUT2D eigenvalue weighted by molar-refractivity contribution is 6.30. The lowest BCUT2D eigenvalue weighted by atomic mass is 9.91. The Morgan fingerprint density at radius 3 is 2.29 bits per heavy atom. The normalized spacial score (nSPS) is 15.6. The van der Waals surface area contributed by atoms with E-state index in [-0.39, 0.29) is 11.9 Å². The molecular weight excluding hydrogens is 620 g/mol. The van der Waals surface area contributed by atoms with Gasteiger partial charge in [-0.05, 0) is 79.4 Å². The Hall–Kier alpha value is -4.22. The van der Waals surface area contributed by atoms with Crippen LogP contribution in [0, 0.1) is 26.2 Å². The van der Waals surface area contributed by atoms with E-state index in [9.17, 15) is 4.79 Å². The molecule has 1 amide bonds. The molecule has 0 spiro atoms. The van der Waals surface area contributed by atoms with Crippen molar-refractivity contribution in [1.29, 1.82) is 0 Å². The number of halogens is 1. The van der Waals surface area contributed by atoms with Crippen LogP contribution in [0.1, 0.15) is 52.2 Å². The number of carbonyl (C=O) groups excluding carboxylic acids is 1. The summed E-state index contributed by atoms with van der Waals surface area (Å²) in [5.74, 6) is 3.32. The summed E-state index contributed by atoms with van der Waals surface area (Å²) in [4.78, 5) is 18.9. The predicted molar refractivity (Wildman–Crippen MR) is 198 cm³/mol. The number of aromatic nitrogens is 1. The number of methoxy groups -OCH3 is 1. The van der Waals surface area contributed by atoms with Crippen LogP contribution in [0.4, 0.5) is 5.69 Å². The Bertz CT molecular complexity index is 1720. The molecule has 2 aliphatic heterocycles. The van der Waals surface area contributed by atoms with Gasteiger partial charge >= 0.3 is 0 Å². The Morgan fingerprint density at radius 1 is 1.04 bits per heavy atom. The first kappa shape index (κ1) is 36.6. The zero-order valence-electron chi connectivity index (χ0n) is 29.4. The van der Waals surface area contributed by atoms with Crippen LogP contribution in [0.2, 0.25) is 5.02 Å². The van der Waals surface area contributed by atoms with E-state index in [4.69, 9.17) is 27.5 Å². The molecule has 1 N–H and O–H groups in total. The molecule has 1 atom stereocenters. The first-order valence-corrected chi connectivity index (χ1v) is 17.0. The number of nitrogens with one attached hydrogen (secondary N) is 1. The minimum absolute atomic E-state index is 0.00146. The molecule has 6 rings (SSSR count). The molecule has 1 fully saturated rings. The van der Waals surface area contributed by atoms with Crippen molar-refractivity contribution in [3.63, 3.8) is 0 Å². The number of benzene rings is 3. The number of ether oxygens (including phenoxy) is 2. The maximum Gasteiger partial charge on any atom is 0.255 e. The van der Waals surface area contributed by atoms with Crippen molar-refractivity contribution in [2.75, 3.05) is 52.3 Å². The van der Waals surface area contributed by atoms with Crippen molar-refractivity contribution >= 4 is 23.2 Å². The first-order chi connectivity index (χ1) is 23.2. The van der Waals surface area contributed by atoms with Crippen LogP contribution in [-0.2, 0) is 24.8 Å². The highest BCUT2D eigenvalue weighted by atomic mass is 35.5. The van der Waals surface area contributed by atoms with Gasteiger partial charge in [0.1, 0.15) is 5.75 Å². The van der Waals surface area contributed by atoms with Crippen LogP contribution in [0.5, 0.6) is 5.75 Å². The van der Waals surface area contributed by atoms with Gasteiger partial charge in [-0.1, -0.05) is 55.6 Å². The van der Waals surface area contributed by atoms with Gasteiger partial charge in [0.15, 0.2) is 0 Å². The minimum atomic E-state index is -0.00146. The minimum Gasteiger partial charge on any atom is -0.495 e. The maximum absolute atomic E-state index is 14.5. The smallest absolute Gasteiger partial charge is 0.255 e. The Labute approximate surface area is 291 Å². The van der Waals surface area contributed by atoms with Crippen molar-refractivity contribution < 1.29 is 14.3 Å². The molecule has 0 saturated carbocycles. The Balaban J connectivity index is 0.000000406. The standard InChI is InChI=1S/C31H35N3O3.C7H8ClN.C2H6/c1-6-23-17-28(27(18-30(23)36-5)29-15-21(2)22(3)32(29)4)31(35)34-19-25-10-8-7-9-24(25)16-26(34)20-33-11-13-37-14-12-33;1-9-7-4-2-6(8)3-5-7;1-2/h1,7-10,15,17-18,26H,11-14,16,19-20H2,2-5H3;2-5,9H,1H3;1-2H3/t26-;;/m0../s1. The number of amides is 1. The van der Waals surface area contributed by atoms with Crippen molar-refractivity contribution in [3.05, 3.63) is 105 Å². The molecule has 254 valence electrons. The van der Waals surface area contributed by atoms with Gasteiger partial charge in [0.05, 0.1) is 31.5 Å². The zero-order valence-corrected chi connectivity index (χ0v) is 30.2. The predicted octanol–water partition coefficient (Wildman–Crippen LogP) is 7.61. The third kappa shape index (κ3) is 8.43. The summed E-state index contributed by atoms with van der Waals surface area (Å²) < 4.78 is 13.3. The lowest BCUT2D eigenvalue weighted by molar-refractivity contribution is 0.0193. The fourth-order valence-electron chi connectivity index (χ4n) is 6.20. The third-order valence-electron chi connectivity index (χ3n) is 9.11. The van der Waals surface area contributed by atoms with Gasteiger partial charge in [0.25, 0.3) is 5.91 Å². The van der Waals surface area contributed by atoms with E-state index in [1.165, 1.54) is 16.7 Å². The van der Waals surface area contributed by atoms with E-state index in [1.807, 2.05) is 69.2 Å². The summed E-state index contributed by atoms with van der Waals surface area (Å²) in [6.07, 6.45) is 6.68. The van der Waals surface area contributed by atoms with E-state index in [2.05, 4.69) is 64.9 Å². The Morgan fingerprint density at radius 2 is 1.71 bits per heavy atom. The molecule has 48 heavy (non-hydrogen) atoms. The molecule has 8 heteroatoms. The number of anilines is 1. The molecular formula is C40H49ClN4O3. The Kier molecular flexibility index (Phi) is 13.2. The molecule has 0 unspecified atom stereocenters. The topological polar surface area (TPSA) is 59.0 Å². The van der Waals surface area contributed by atoms with E-state index in [0.29, 0.717) is 23.4 Å². The molecule has 1 aromatic heterocycles. The fourth-order valence-corrected chi connectivity index (χ4v) is 6.33. The number of morpholine rings is 1. The summed E-state index contributed by atoms with van der Waals surface area (Å²) in [5.41, 5.74) is 8.94. The lowest BCUT2D eigenvalue weighted by Gasteiger charge is -2.40. The molecule has 2 aliphatic rings. The zero-order chi connectivity index (χ0) is 34.8. The first-order valence-electron chi connectivity index (χ1n) is 16.7. The van der Waals surface area contributed by atoms with Crippen LogP contribution in [0.25, 0.3) is 11.3 Å². The third-order valence-corrected chi connectivity index (χ3v) is 9.36. The number of hydrogen-bond donors (Lipinski definition) is 1. The van der Waals surface area contributed by atoms with Gasteiger partial charge < -0.3 is 24.3 Å². The number of fused-ring (bicyclic) bond motifs is 1. The summed E-state index contributed by atoms with van der Waals surface area (Å²) in [7, 11) is 5.53. The molecule has 0 radical (unpaired) electrons. The summed E-state index contributed by atoms with van der Waals surface area (Å²) in [6, 6.07) is 22.0. The molecule has 3 heterocycles. The van der Waals surface area contributed by atoms with E-state index >= 15 is 0 Å². The number of nitrogens with zero attached hydrogens (tertiary/aromatic N) is 3.